The van der Waals surface area contributed by atoms with Crippen molar-refractivity contribution in [2.45, 2.75) is 32.7 Å². The summed E-state index contributed by atoms with van der Waals surface area (Å²) in [6.45, 7) is 11.4. The predicted molar refractivity (Wildman–Crippen MR) is 137 cm³/mol. The monoisotopic (exact) mass is 546 g/mol. The summed E-state index contributed by atoms with van der Waals surface area (Å²) in [4.78, 5) is 7.09. The van der Waals surface area contributed by atoms with E-state index in [9.17, 15) is 0 Å². The normalized spacial score (nSPS) is 17.8. The molecule has 0 saturated carbocycles. The first-order valence-electron chi connectivity index (χ1n) is 11.4. The van der Waals surface area contributed by atoms with Crippen molar-refractivity contribution in [3.8, 4) is 0 Å². The maximum atomic E-state index is 5.84. The van der Waals surface area contributed by atoms with Gasteiger partial charge in [-0.25, -0.2) is 4.99 Å². The Morgan fingerprint density at radius 3 is 2.48 bits per heavy atom. The fraction of sp³-hybridized carbons (Fsp3) is 0.696. The number of morpholine rings is 1. The number of nitrogens with zero attached hydrogens (tertiary/aromatic N) is 2. The van der Waals surface area contributed by atoms with Gasteiger partial charge in [0.25, 0.3) is 0 Å². The number of nitrogens with one attached hydrogen (secondary N) is 2. The van der Waals surface area contributed by atoms with Gasteiger partial charge in [0, 0.05) is 58.3 Å². The summed E-state index contributed by atoms with van der Waals surface area (Å²) >= 11 is 0. The molecule has 0 radical (unpaired) electrons. The topological polar surface area (TPSA) is 67.4 Å². The highest BCUT2D eigenvalue weighted by molar-refractivity contribution is 14.0. The van der Waals surface area contributed by atoms with Gasteiger partial charge in [-0.2, -0.15) is 0 Å². The van der Waals surface area contributed by atoms with Crippen LogP contribution >= 0.6 is 24.0 Å². The minimum Gasteiger partial charge on any atom is -0.381 e. The number of hydrogen-bond acceptors (Lipinski definition) is 5. The second-order valence-electron chi connectivity index (χ2n) is 7.87. The standard InChI is InChI=1S/C23H38N4O3.HI/c1-2-24-23(25-10-3-13-30-19-21-8-14-28-15-9-21)26-18-20-4-6-22(7-5-20)27-11-16-29-17-12-27;/h4-7,21H,2-3,8-19H2,1H3,(H2,24,25,26);1H. The SMILES string of the molecule is CCNC(=NCc1ccc(N2CCOCC2)cc1)NCCCOCC1CCOCC1.I. The Morgan fingerprint density at radius 2 is 1.77 bits per heavy atom. The molecule has 1 aromatic carbocycles. The average molecular weight is 546 g/mol. The predicted octanol–water partition coefficient (Wildman–Crippen LogP) is 3.03. The quantitative estimate of drug-likeness (QED) is 0.204. The number of halogens is 1. The third kappa shape index (κ3) is 9.93. The van der Waals surface area contributed by atoms with Crippen molar-refractivity contribution in [2.75, 3.05) is 70.7 Å². The second kappa shape index (κ2) is 15.7. The minimum atomic E-state index is 0. The van der Waals surface area contributed by atoms with Crippen LogP contribution in [-0.4, -0.2) is 71.8 Å². The molecule has 2 heterocycles. The molecule has 2 aliphatic rings. The molecule has 2 fully saturated rings. The number of hydrogen-bond donors (Lipinski definition) is 2. The Morgan fingerprint density at radius 1 is 1.06 bits per heavy atom. The molecule has 2 saturated heterocycles. The van der Waals surface area contributed by atoms with Gasteiger partial charge in [0.05, 0.1) is 19.8 Å². The molecule has 1 aromatic rings. The molecule has 31 heavy (non-hydrogen) atoms. The molecule has 0 aliphatic carbocycles. The van der Waals surface area contributed by atoms with Crippen LogP contribution in [0.25, 0.3) is 0 Å². The number of rotatable bonds is 10. The Bertz CT molecular complexity index is 618. The van der Waals surface area contributed by atoms with Crippen molar-refractivity contribution in [3.63, 3.8) is 0 Å². The number of guanidine groups is 1. The summed E-state index contributed by atoms with van der Waals surface area (Å²) in [6, 6.07) is 8.71. The minimum absolute atomic E-state index is 0. The van der Waals surface area contributed by atoms with Crippen LogP contribution in [0.4, 0.5) is 5.69 Å². The van der Waals surface area contributed by atoms with E-state index in [1.807, 2.05) is 0 Å². The van der Waals surface area contributed by atoms with Crippen LogP contribution in [0.1, 0.15) is 31.7 Å². The van der Waals surface area contributed by atoms with Gasteiger partial charge in [0.15, 0.2) is 5.96 Å². The van der Waals surface area contributed by atoms with Crippen molar-refractivity contribution in [3.05, 3.63) is 29.8 Å². The fourth-order valence-corrected chi connectivity index (χ4v) is 3.69. The Labute approximate surface area is 204 Å². The van der Waals surface area contributed by atoms with Crippen LogP contribution in [0.15, 0.2) is 29.3 Å². The van der Waals surface area contributed by atoms with Gasteiger partial charge in [-0.05, 0) is 49.8 Å². The van der Waals surface area contributed by atoms with E-state index in [0.29, 0.717) is 12.5 Å². The zero-order valence-corrected chi connectivity index (χ0v) is 21.1. The molecule has 0 unspecified atom stereocenters. The number of ether oxygens (including phenoxy) is 3. The van der Waals surface area contributed by atoms with Crippen molar-refractivity contribution < 1.29 is 14.2 Å². The summed E-state index contributed by atoms with van der Waals surface area (Å²) in [6.07, 6.45) is 3.23. The molecule has 2 aliphatic heterocycles. The van der Waals surface area contributed by atoms with E-state index in [2.05, 4.69) is 46.7 Å². The summed E-state index contributed by atoms with van der Waals surface area (Å²) in [5, 5.41) is 6.73. The lowest BCUT2D eigenvalue weighted by Gasteiger charge is -2.28. The Kier molecular flexibility index (Phi) is 13.2. The summed E-state index contributed by atoms with van der Waals surface area (Å²) in [5.74, 6) is 1.53. The van der Waals surface area contributed by atoms with Crippen LogP contribution in [0, 0.1) is 5.92 Å². The van der Waals surface area contributed by atoms with Gasteiger partial charge < -0.3 is 29.7 Å². The molecule has 0 bridgehead atoms. The maximum absolute atomic E-state index is 5.84. The molecular weight excluding hydrogens is 507 g/mol. The van der Waals surface area contributed by atoms with Crippen LogP contribution in [0.2, 0.25) is 0 Å². The van der Waals surface area contributed by atoms with Crippen LogP contribution < -0.4 is 15.5 Å². The lowest BCUT2D eigenvalue weighted by Crippen LogP contribution is -2.38. The first-order valence-corrected chi connectivity index (χ1v) is 11.4. The van der Waals surface area contributed by atoms with E-state index in [-0.39, 0.29) is 24.0 Å². The third-order valence-electron chi connectivity index (χ3n) is 5.53. The van der Waals surface area contributed by atoms with Gasteiger partial charge >= 0.3 is 0 Å². The molecule has 8 heteroatoms. The van der Waals surface area contributed by atoms with Crippen LogP contribution in [0.3, 0.4) is 0 Å². The highest BCUT2D eigenvalue weighted by Crippen LogP contribution is 2.17. The van der Waals surface area contributed by atoms with Crippen molar-refractivity contribution in [1.82, 2.24) is 10.6 Å². The summed E-state index contributed by atoms with van der Waals surface area (Å²) < 4.78 is 16.7. The Balaban J connectivity index is 0.00000341. The highest BCUT2D eigenvalue weighted by Gasteiger charge is 2.13. The van der Waals surface area contributed by atoms with Crippen molar-refractivity contribution >= 4 is 35.6 Å². The molecule has 0 aromatic heterocycles. The lowest BCUT2D eigenvalue weighted by molar-refractivity contribution is 0.0203. The fourth-order valence-electron chi connectivity index (χ4n) is 3.69. The van der Waals surface area contributed by atoms with Crippen LogP contribution in [-0.2, 0) is 20.8 Å². The zero-order chi connectivity index (χ0) is 20.9. The molecule has 7 nitrogen and oxygen atoms in total. The van der Waals surface area contributed by atoms with Gasteiger partial charge in [-0.3, -0.25) is 0 Å². The Hall–Kier alpha value is -1.10. The third-order valence-corrected chi connectivity index (χ3v) is 5.53. The molecule has 0 amide bonds. The van der Waals surface area contributed by atoms with E-state index < -0.39 is 0 Å². The van der Waals surface area contributed by atoms with E-state index in [1.54, 1.807) is 0 Å². The number of aliphatic imine (C=N–C) groups is 1. The van der Waals surface area contributed by atoms with Crippen molar-refractivity contribution in [2.24, 2.45) is 10.9 Å². The summed E-state index contributed by atoms with van der Waals surface area (Å²) in [5.41, 5.74) is 2.47. The average Bonchev–Trinajstić information content (AvgIpc) is 2.81. The van der Waals surface area contributed by atoms with Gasteiger partial charge in [-0.15, -0.1) is 24.0 Å². The molecule has 176 valence electrons. The van der Waals surface area contributed by atoms with Gasteiger partial charge in [0.2, 0.25) is 0 Å². The zero-order valence-electron chi connectivity index (χ0n) is 18.8. The highest BCUT2D eigenvalue weighted by atomic mass is 127. The molecule has 3 rings (SSSR count). The number of anilines is 1. The van der Waals surface area contributed by atoms with E-state index in [4.69, 9.17) is 19.2 Å². The maximum Gasteiger partial charge on any atom is 0.191 e. The lowest BCUT2D eigenvalue weighted by atomic mass is 10.0. The molecular formula is C23H39IN4O3. The molecule has 0 atom stereocenters. The molecule has 0 spiro atoms. The number of benzene rings is 1. The van der Waals surface area contributed by atoms with E-state index in [1.165, 1.54) is 11.3 Å². The van der Waals surface area contributed by atoms with Gasteiger partial charge in [-0.1, -0.05) is 12.1 Å². The smallest absolute Gasteiger partial charge is 0.191 e. The largest absolute Gasteiger partial charge is 0.381 e. The van der Waals surface area contributed by atoms with Crippen molar-refractivity contribution in [1.29, 1.82) is 0 Å². The van der Waals surface area contributed by atoms with E-state index >= 15 is 0 Å². The molecule has 2 N–H and O–H groups in total. The first-order chi connectivity index (χ1) is 14.8. The van der Waals surface area contributed by atoms with E-state index in [0.717, 1.165) is 91.0 Å². The van der Waals surface area contributed by atoms with Crippen LogP contribution in [0.5, 0.6) is 0 Å². The van der Waals surface area contributed by atoms with Gasteiger partial charge in [0.1, 0.15) is 0 Å². The second-order valence-corrected chi connectivity index (χ2v) is 7.87. The first kappa shape index (κ1) is 26.2. The summed E-state index contributed by atoms with van der Waals surface area (Å²) in [7, 11) is 0.